The van der Waals surface area contributed by atoms with E-state index >= 15 is 0 Å². The van der Waals surface area contributed by atoms with Gasteiger partial charge in [-0.05, 0) is 0 Å². The van der Waals surface area contributed by atoms with Gasteiger partial charge in [0.05, 0.1) is 6.61 Å². The summed E-state index contributed by atoms with van der Waals surface area (Å²) in [7, 11) is 0. The van der Waals surface area contributed by atoms with Crippen LogP contribution in [0, 0.1) is 0 Å². The fourth-order valence-electron chi connectivity index (χ4n) is 1.31. The van der Waals surface area contributed by atoms with Crippen LogP contribution in [0.3, 0.4) is 0 Å². The number of hydrogen-bond acceptors (Lipinski definition) is 7. The van der Waals surface area contributed by atoms with Gasteiger partial charge in [-0.15, -0.1) is 0 Å². The van der Waals surface area contributed by atoms with Crippen LogP contribution in [0.1, 0.15) is 0 Å². The molecule has 0 spiro atoms. The summed E-state index contributed by atoms with van der Waals surface area (Å²) in [4.78, 5) is 0. The largest absolute Gasteiger partial charge is 0.394 e. The minimum atomic E-state index is -1.69. The van der Waals surface area contributed by atoms with Crippen LogP contribution in [0.15, 0.2) is 0 Å². The molecule has 1 rings (SSSR count). The van der Waals surface area contributed by atoms with Crippen molar-refractivity contribution in [2.75, 3.05) is 6.61 Å². The molecule has 6 atom stereocenters. The van der Waals surface area contributed by atoms with Crippen molar-refractivity contribution in [3.8, 4) is 0 Å². The lowest BCUT2D eigenvalue weighted by Crippen LogP contribution is -2.61. The predicted octanol–water partition coefficient (Wildman–Crippen LogP) is -3.86. The molecule has 0 amide bonds. The van der Waals surface area contributed by atoms with E-state index in [4.69, 9.17) is 20.4 Å². The monoisotopic (exact) mass is 210 g/mol. The SMILES string of the molecule is OC[C@@H](O)[C@H]1O[C@@H](O)[C@H](O)[C@@H](O)[C@H]1O. The lowest BCUT2D eigenvalue weighted by Gasteiger charge is -2.39. The number of aliphatic hydroxyl groups is 6. The van der Waals surface area contributed by atoms with Gasteiger partial charge in [0.2, 0.25) is 0 Å². The zero-order valence-electron chi connectivity index (χ0n) is 7.26. The van der Waals surface area contributed by atoms with Gasteiger partial charge in [0, 0.05) is 0 Å². The molecule has 0 aromatic heterocycles. The summed E-state index contributed by atoms with van der Waals surface area (Å²) < 4.78 is 4.62. The van der Waals surface area contributed by atoms with Crippen molar-refractivity contribution in [3.05, 3.63) is 0 Å². The van der Waals surface area contributed by atoms with E-state index in [0.717, 1.165) is 0 Å². The Morgan fingerprint density at radius 3 is 2.07 bits per heavy atom. The highest BCUT2D eigenvalue weighted by molar-refractivity contribution is 4.91. The van der Waals surface area contributed by atoms with E-state index < -0.39 is 43.4 Å². The molecule has 1 aliphatic rings. The van der Waals surface area contributed by atoms with Gasteiger partial charge < -0.3 is 35.4 Å². The fraction of sp³-hybridized carbons (Fsp3) is 1.00. The van der Waals surface area contributed by atoms with Gasteiger partial charge in [-0.3, -0.25) is 0 Å². The molecule has 0 aromatic carbocycles. The maximum Gasteiger partial charge on any atom is 0.184 e. The highest BCUT2D eigenvalue weighted by Crippen LogP contribution is 2.21. The average Bonchev–Trinajstić information content (AvgIpc) is 2.19. The van der Waals surface area contributed by atoms with Crippen LogP contribution in [0.5, 0.6) is 0 Å². The van der Waals surface area contributed by atoms with Crippen LogP contribution >= 0.6 is 0 Å². The highest BCUT2D eigenvalue weighted by atomic mass is 16.6. The maximum absolute atomic E-state index is 9.31. The van der Waals surface area contributed by atoms with Gasteiger partial charge >= 0.3 is 0 Å². The quantitative estimate of drug-likeness (QED) is 0.275. The first-order valence-electron chi connectivity index (χ1n) is 4.15. The smallest absolute Gasteiger partial charge is 0.184 e. The zero-order valence-corrected chi connectivity index (χ0v) is 7.26. The van der Waals surface area contributed by atoms with E-state index in [0.29, 0.717) is 0 Å². The van der Waals surface area contributed by atoms with Crippen molar-refractivity contribution in [3.63, 3.8) is 0 Å². The summed E-state index contributed by atoms with van der Waals surface area (Å²) in [6, 6.07) is 0. The number of aliphatic hydroxyl groups excluding tert-OH is 6. The molecule has 1 aliphatic heterocycles. The molecule has 1 fully saturated rings. The summed E-state index contributed by atoms with van der Waals surface area (Å²) in [5.74, 6) is 0. The van der Waals surface area contributed by atoms with Gasteiger partial charge in [-0.2, -0.15) is 0 Å². The Bertz CT molecular complexity index is 187. The number of rotatable bonds is 2. The zero-order chi connectivity index (χ0) is 10.9. The van der Waals surface area contributed by atoms with Gasteiger partial charge in [0.15, 0.2) is 6.29 Å². The molecule has 0 unspecified atom stereocenters. The first-order chi connectivity index (χ1) is 6.49. The molecule has 0 aliphatic carbocycles. The second-order valence-corrected chi connectivity index (χ2v) is 3.21. The third-order valence-corrected chi connectivity index (χ3v) is 2.19. The summed E-state index contributed by atoms with van der Waals surface area (Å²) in [5, 5.41) is 54.3. The third kappa shape index (κ3) is 2.04. The molecular weight excluding hydrogens is 196 g/mol. The lowest BCUT2D eigenvalue weighted by molar-refractivity contribution is -0.298. The molecular formula is C7H14O7. The van der Waals surface area contributed by atoms with Crippen molar-refractivity contribution >= 4 is 0 Å². The molecule has 0 bridgehead atoms. The molecule has 0 saturated carbocycles. The van der Waals surface area contributed by atoms with Crippen molar-refractivity contribution in [2.45, 2.75) is 36.8 Å². The van der Waals surface area contributed by atoms with Gasteiger partial charge in [0.1, 0.15) is 30.5 Å². The van der Waals surface area contributed by atoms with E-state index in [1.54, 1.807) is 0 Å². The van der Waals surface area contributed by atoms with Crippen molar-refractivity contribution in [2.24, 2.45) is 0 Å². The van der Waals surface area contributed by atoms with Gasteiger partial charge in [-0.25, -0.2) is 0 Å². The van der Waals surface area contributed by atoms with Gasteiger partial charge in [0.25, 0.3) is 0 Å². The molecule has 0 radical (unpaired) electrons. The number of ether oxygens (including phenoxy) is 1. The third-order valence-electron chi connectivity index (χ3n) is 2.19. The Hall–Kier alpha value is -0.280. The molecule has 0 aromatic rings. The van der Waals surface area contributed by atoms with Crippen LogP contribution in [0.2, 0.25) is 0 Å². The summed E-state index contributed by atoms with van der Waals surface area (Å²) in [6.45, 7) is -0.683. The molecule has 6 N–H and O–H groups in total. The van der Waals surface area contributed by atoms with E-state index in [1.165, 1.54) is 0 Å². The second kappa shape index (κ2) is 4.49. The van der Waals surface area contributed by atoms with E-state index in [9.17, 15) is 10.2 Å². The summed E-state index contributed by atoms with van der Waals surface area (Å²) in [6.07, 6.45) is -9.26. The lowest BCUT2D eigenvalue weighted by atomic mass is 9.96. The minimum absolute atomic E-state index is 0.683. The molecule has 7 heteroatoms. The van der Waals surface area contributed by atoms with E-state index in [2.05, 4.69) is 4.74 Å². The summed E-state index contributed by atoms with van der Waals surface area (Å²) in [5.41, 5.74) is 0. The second-order valence-electron chi connectivity index (χ2n) is 3.21. The van der Waals surface area contributed by atoms with Crippen LogP contribution in [-0.4, -0.2) is 74.1 Å². The first kappa shape index (κ1) is 11.8. The fourth-order valence-corrected chi connectivity index (χ4v) is 1.31. The standard InChI is InChI=1S/C7H14O7/c8-1-2(9)6-4(11)3(10)5(12)7(13)14-6/h2-13H,1H2/t2-,3+,4-,5-,6-,7-/m1/s1. The van der Waals surface area contributed by atoms with Crippen molar-refractivity contribution in [1.29, 1.82) is 0 Å². The first-order valence-corrected chi connectivity index (χ1v) is 4.15. The highest BCUT2D eigenvalue weighted by Gasteiger charge is 2.45. The number of hydrogen-bond donors (Lipinski definition) is 6. The van der Waals surface area contributed by atoms with E-state index in [1.807, 2.05) is 0 Å². The van der Waals surface area contributed by atoms with E-state index in [-0.39, 0.29) is 0 Å². The molecule has 84 valence electrons. The van der Waals surface area contributed by atoms with Crippen LogP contribution in [0.4, 0.5) is 0 Å². The Morgan fingerprint density at radius 1 is 1.00 bits per heavy atom. The average molecular weight is 210 g/mol. The van der Waals surface area contributed by atoms with Crippen LogP contribution in [0.25, 0.3) is 0 Å². The van der Waals surface area contributed by atoms with Crippen molar-refractivity contribution < 1.29 is 35.4 Å². The molecule has 1 saturated heterocycles. The van der Waals surface area contributed by atoms with Crippen LogP contribution in [-0.2, 0) is 4.74 Å². The Morgan fingerprint density at radius 2 is 1.57 bits per heavy atom. The van der Waals surface area contributed by atoms with Crippen molar-refractivity contribution in [1.82, 2.24) is 0 Å². The minimum Gasteiger partial charge on any atom is -0.394 e. The Balaban J connectivity index is 2.70. The molecule has 1 heterocycles. The summed E-state index contributed by atoms with van der Waals surface area (Å²) >= 11 is 0. The van der Waals surface area contributed by atoms with Gasteiger partial charge in [-0.1, -0.05) is 0 Å². The normalized spacial score (nSPS) is 46.3. The maximum atomic E-state index is 9.31. The Labute approximate surface area is 79.8 Å². The van der Waals surface area contributed by atoms with Crippen LogP contribution < -0.4 is 0 Å². The molecule has 7 nitrogen and oxygen atoms in total. The Kier molecular flexibility index (Phi) is 3.78. The topological polar surface area (TPSA) is 131 Å². The molecule has 14 heavy (non-hydrogen) atoms. The predicted molar refractivity (Wildman–Crippen MR) is 42.0 cm³/mol.